The van der Waals surface area contributed by atoms with Crippen LogP contribution in [0.3, 0.4) is 0 Å². The number of carboxylic acid groups (broad SMARTS) is 1. The molecule has 0 radical (unpaired) electrons. The lowest BCUT2D eigenvalue weighted by molar-refractivity contribution is 0.0690. The number of carboxylic acids is 1. The summed E-state index contributed by atoms with van der Waals surface area (Å²) >= 11 is 1.21. The smallest absolute Gasteiger partial charge is 0.355 e. The second-order valence-electron chi connectivity index (χ2n) is 4.17. The molecule has 0 unspecified atom stereocenters. The Morgan fingerprint density at radius 1 is 1.43 bits per heavy atom. The number of nitrogen functional groups attached to an aromatic ring is 1. The van der Waals surface area contributed by atoms with Crippen molar-refractivity contribution in [2.24, 2.45) is 0 Å². The van der Waals surface area contributed by atoms with Crippen molar-refractivity contribution < 1.29 is 19.1 Å². The predicted octanol–water partition coefficient (Wildman–Crippen LogP) is 1.54. The van der Waals surface area contributed by atoms with Crippen molar-refractivity contribution in [3.8, 4) is 0 Å². The first kappa shape index (κ1) is 14.9. The van der Waals surface area contributed by atoms with Crippen LogP contribution in [0, 0.1) is 5.82 Å². The molecule has 0 aliphatic rings. The van der Waals surface area contributed by atoms with Crippen molar-refractivity contribution in [2.45, 2.75) is 6.42 Å². The summed E-state index contributed by atoms with van der Waals surface area (Å²) in [6.45, 7) is 0.275. The lowest BCUT2D eigenvalue weighted by atomic mass is 10.2. The van der Waals surface area contributed by atoms with Gasteiger partial charge in [-0.05, 0) is 18.2 Å². The number of aromatic nitrogens is 1. The summed E-state index contributed by atoms with van der Waals surface area (Å²) in [6.07, 6.45) is 0.404. The Morgan fingerprint density at radius 3 is 2.81 bits per heavy atom. The van der Waals surface area contributed by atoms with Crippen LogP contribution in [0.1, 0.15) is 25.9 Å². The molecule has 0 saturated carbocycles. The molecule has 1 aromatic heterocycles. The van der Waals surface area contributed by atoms with Gasteiger partial charge in [-0.1, -0.05) is 0 Å². The number of nitrogens with two attached hydrogens (primary N) is 1. The maximum absolute atomic E-state index is 13.2. The number of rotatable bonds is 5. The number of benzene rings is 1. The van der Waals surface area contributed by atoms with Gasteiger partial charge in [0.1, 0.15) is 5.82 Å². The van der Waals surface area contributed by atoms with E-state index in [0.29, 0.717) is 11.4 Å². The van der Waals surface area contributed by atoms with Crippen molar-refractivity contribution >= 4 is 28.9 Å². The van der Waals surface area contributed by atoms with Crippen molar-refractivity contribution in [1.82, 2.24) is 10.3 Å². The van der Waals surface area contributed by atoms with E-state index < -0.39 is 17.7 Å². The number of nitrogens with zero attached hydrogens (tertiary/aromatic N) is 1. The summed E-state index contributed by atoms with van der Waals surface area (Å²) < 4.78 is 13.2. The number of hydrogen-bond donors (Lipinski definition) is 3. The highest BCUT2D eigenvalue weighted by molar-refractivity contribution is 7.09. The van der Waals surface area contributed by atoms with Crippen LogP contribution >= 0.6 is 11.3 Å². The maximum atomic E-state index is 13.2. The summed E-state index contributed by atoms with van der Waals surface area (Å²) in [7, 11) is 0. The molecule has 8 heteroatoms. The number of nitrogens with one attached hydrogen (secondary N) is 1. The predicted molar refractivity (Wildman–Crippen MR) is 75.9 cm³/mol. The molecule has 0 saturated heterocycles. The third kappa shape index (κ3) is 3.76. The zero-order valence-electron chi connectivity index (χ0n) is 10.8. The van der Waals surface area contributed by atoms with Gasteiger partial charge >= 0.3 is 5.97 Å². The van der Waals surface area contributed by atoms with Crippen LogP contribution in [-0.2, 0) is 6.42 Å². The second kappa shape index (κ2) is 6.31. The van der Waals surface area contributed by atoms with Crippen molar-refractivity contribution in [3.05, 3.63) is 45.7 Å². The molecule has 4 N–H and O–H groups in total. The fourth-order valence-corrected chi connectivity index (χ4v) is 2.35. The third-order valence-corrected chi connectivity index (χ3v) is 3.57. The standard InChI is InChI=1S/C13H12FN3O3S/c14-8-5-7(1-2-9(8)15)12(18)16-4-3-11-17-10(6-21-11)13(19)20/h1-2,5-6H,3-4,15H2,(H,16,18)(H,19,20). The fourth-order valence-electron chi connectivity index (χ4n) is 1.58. The van der Waals surface area contributed by atoms with E-state index in [0.717, 1.165) is 6.07 Å². The van der Waals surface area contributed by atoms with Gasteiger partial charge in [0.15, 0.2) is 5.69 Å². The normalized spacial score (nSPS) is 10.3. The molecule has 2 rings (SSSR count). The molecule has 2 aromatic rings. The minimum atomic E-state index is -1.08. The number of aromatic carboxylic acids is 1. The first-order valence-electron chi connectivity index (χ1n) is 5.98. The number of carbonyl (C=O) groups is 2. The molecular formula is C13H12FN3O3S. The lowest BCUT2D eigenvalue weighted by Gasteiger charge is -2.05. The summed E-state index contributed by atoms with van der Waals surface area (Å²) in [5, 5.41) is 13.4. The monoisotopic (exact) mass is 309 g/mol. The van der Waals surface area contributed by atoms with Gasteiger partial charge in [-0.2, -0.15) is 0 Å². The van der Waals surface area contributed by atoms with E-state index in [1.165, 1.54) is 28.8 Å². The van der Waals surface area contributed by atoms with Gasteiger partial charge in [-0.15, -0.1) is 11.3 Å². The minimum absolute atomic E-state index is 0.0121. The van der Waals surface area contributed by atoms with Crippen LogP contribution in [-0.4, -0.2) is 28.5 Å². The molecular weight excluding hydrogens is 297 g/mol. The minimum Gasteiger partial charge on any atom is -0.476 e. The summed E-state index contributed by atoms with van der Waals surface area (Å²) in [5.74, 6) is -2.16. The quantitative estimate of drug-likeness (QED) is 0.726. The Hall–Kier alpha value is -2.48. The van der Waals surface area contributed by atoms with Crippen LogP contribution in [0.4, 0.5) is 10.1 Å². The van der Waals surface area contributed by atoms with Gasteiger partial charge in [0.25, 0.3) is 5.91 Å². The van der Waals surface area contributed by atoms with Crippen LogP contribution in [0.5, 0.6) is 0 Å². The number of anilines is 1. The zero-order chi connectivity index (χ0) is 15.4. The van der Waals surface area contributed by atoms with E-state index >= 15 is 0 Å². The molecule has 0 spiro atoms. The summed E-state index contributed by atoms with van der Waals surface area (Å²) in [4.78, 5) is 26.3. The van der Waals surface area contributed by atoms with Gasteiger partial charge in [-0.25, -0.2) is 14.2 Å². The number of halogens is 1. The highest BCUT2D eigenvalue weighted by Gasteiger charge is 2.10. The first-order valence-corrected chi connectivity index (χ1v) is 6.86. The van der Waals surface area contributed by atoms with E-state index in [1.807, 2.05) is 0 Å². The molecule has 0 atom stereocenters. The highest BCUT2D eigenvalue weighted by atomic mass is 32.1. The zero-order valence-corrected chi connectivity index (χ0v) is 11.6. The molecule has 1 aromatic carbocycles. The van der Waals surface area contributed by atoms with Crippen LogP contribution < -0.4 is 11.1 Å². The molecule has 0 aliphatic heterocycles. The third-order valence-electron chi connectivity index (χ3n) is 2.66. The van der Waals surface area contributed by atoms with Crippen molar-refractivity contribution in [3.63, 3.8) is 0 Å². The van der Waals surface area contributed by atoms with E-state index in [1.54, 1.807) is 0 Å². The van der Waals surface area contributed by atoms with Crippen molar-refractivity contribution in [1.29, 1.82) is 0 Å². The maximum Gasteiger partial charge on any atom is 0.355 e. The summed E-state index contributed by atoms with van der Waals surface area (Å²) in [5.41, 5.74) is 5.47. The molecule has 0 fully saturated rings. The molecule has 0 aliphatic carbocycles. The van der Waals surface area contributed by atoms with Gasteiger partial charge in [0.05, 0.1) is 10.7 Å². The Bertz CT molecular complexity index is 687. The average molecular weight is 309 g/mol. The molecule has 1 heterocycles. The van der Waals surface area contributed by atoms with Crippen LogP contribution in [0.2, 0.25) is 0 Å². The van der Waals surface area contributed by atoms with Gasteiger partial charge in [0, 0.05) is 23.9 Å². The molecule has 6 nitrogen and oxygen atoms in total. The highest BCUT2D eigenvalue weighted by Crippen LogP contribution is 2.12. The second-order valence-corrected chi connectivity index (χ2v) is 5.12. The SMILES string of the molecule is Nc1ccc(C(=O)NCCc2nc(C(=O)O)cs2)cc1F. The number of amides is 1. The first-order chi connectivity index (χ1) is 9.97. The fraction of sp³-hybridized carbons (Fsp3) is 0.154. The molecule has 110 valence electrons. The van der Waals surface area contributed by atoms with E-state index in [4.69, 9.17) is 10.8 Å². The Labute approximate surface area is 123 Å². The summed E-state index contributed by atoms with van der Waals surface area (Å²) in [6, 6.07) is 3.82. The number of thiazole rings is 1. The van der Waals surface area contributed by atoms with Crippen LogP contribution in [0.25, 0.3) is 0 Å². The molecule has 0 bridgehead atoms. The van der Waals surface area contributed by atoms with E-state index in [9.17, 15) is 14.0 Å². The number of carbonyl (C=O) groups excluding carboxylic acids is 1. The Morgan fingerprint density at radius 2 is 2.19 bits per heavy atom. The Kier molecular flexibility index (Phi) is 4.49. The lowest BCUT2D eigenvalue weighted by Crippen LogP contribution is -2.25. The Balaban J connectivity index is 1.88. The van der Waals surface area contributed by atoms with Crippen LogP contribution in [0.15, 0.2) is 23.6 Å². The topological polar surface area (TPSA) is 105 Å². The van der Waals surface area contributed by atoms with E-state index in [-0.39, 0.29) is 23.5 Å². The van der Waals surface area contributed by atoms with Gasteiger partial charge < -0.3 is 16.2 Å². The molecule has 1 amide bonds. The van der Waals surface area contributed by atoms with E-state index in [2.05, 4.69) is 10.3 Å². The van der Waals surface area contributed by atoms with Gasteiger partial charge in [0.2, 0.25) is 0 Å². The average Bonchev–Trinajstić information content (AvgIpc) is 2.91. The largest absolute Gasteiger partial charge is 0.476 e. The number of hydrogen-bond acceptors (Lipinski definition) is 5. The van der Waals surface area contributed by atoms with Gasteiger partial charge in [-0.3, -0.25) is 4.79 Å². The molecule has 21 heavy (non-hydrogen) atoms. The van der Waals surface area contributed by atoms with Crippen molar-refractivity contribution in [2.75, 3.05) is 12.3 Å².